The van der Waals surface area contributed by atoms with Crippen molar-refractivity contribution in [1.82, 2.24) is 10.2 Å². The highest BCUT2D eigenvalue weighted by Crippen LogP contribution is 2.49. The molecule has 1 aliphatic rings. The molecular formula is C22H19N3O5. The van der Waals surface area contributed by atoms with E-state index in [2.05, 4.69) is 15.5 Å². The third-order valence-corrected chi connectivity index (χ3v) is 5.41. The molecule has 0 radical (unpaired) electrons. The van der Waals surface area contributed by atoms with Crippen LogP contribution >= 0.6 is 0 Å². The van der Waals surface area contributed by atoms with E-state index >= 15 is 0 Å². The topological polar surface area (TPSA) is 98.6 Å². The maximum atomic E-state index is 13.1. The van der Waals surface area contributed by atoms with Crippen molar-refractivity contribution in [3.05, 3.63) is 69.7 Å². The highest BCUT2D eigenvalue weighted by atomic mass is 16.5. The zero-order valence-corrected chi connectivity index (χ0v) is 16.6. The molecule has 0 aliphatic carbocycles. The van der Waals surface area contributed by atoms with E-state index < -0.39 is 11.5 Å². The van der Waals surface area contributed by atoms with Crippen molar-refractivity contribution in [2.24, 2.45) is 0 Å². The second-order valence-electron chi connectivity index (χ2n) is 6.88. The minimum Gasteiger partial charge on any atom is -0.496 e. The van der Waals surface area contributed by atoms with Crippen LogP contribution < -0.4 is 25.2 Å². The summed E-state index contributed by atoms with van der Waals surface area (Å²) in [5, 5.41) is 11.3. The SMILES string of the molecule is COc1cc(OC)c([C@H]2c3cn[nH]c3Nc3c2c(=O)oc2ccccc32)cc1OC. The first kappa shape index (κ1) is 18.1. The molecule has 0 fully saturated rings. The van der Waals surface area contributed by atoms with Gasteiger partial charge in [-0.05, 0) is 18.2 Å². The molecule has 4 aromatic rings. The molecule has 2 aromatic carbocycles. The number of rotatable bonds is 4. The van der Waals surface area contributed by atoms with Gasteiger partial charge in [-0.3, -0.25) is 5.10 Å². The van der Waals surface area contributed by atoms with Crippen LogP contribution in [0.5, 0.6) is 17.2 Å². The summed E-state index contributed by atoms with van der Waals surface area (Å²) >= 11 is 0. The van der Waals surface area contributed by atoms with Crippen molar-refractivity contribution >= 4 is 22.5 Å². The second kappa shape index (κ2) is 6.84. The number of H-pyrrole nitrogens is 1. The number of aromatic nitrogens is 2. The average Bonchev–Trinajstić information content (AvgIpc) is 3.25. The minimum atomic E-state index is -0.481. The molecule has 8 heteroatoms. The minimum absolute atomic E-state index is 0.426. The molecule has 2 N–H and O–H groups in total. The Morgan fingerprint density at radius 2 is 1.70 bits per heavy atom. The van der Waals surface area contributed by atoms with E-state index in [1.165, 1.54) is 0 Å². The van der Waals surface area contributed by atoms with Gasteiger partial charge in [-0.15, -0.1) is 0 Å². The second-order valence-corrected chi connectivity index (χ2v) is 6.88. The van der Waals surface area contributed by atoms with Crippen LogP contribution in [0.15, 0.2) is 51.8 Å². The molecule has 0 saturated carbocycles. The molecule has 0 saturated heterocycles. The normalized spacial score (nSPS) is 14.6. The van der Waals surface area contributed by atoms with Crippen LogP contribution in [0.2, 0.25) is 0 Å². The fourth-order valence-electron chi connectivity index (χ4n) is 4.06. The predicted octanol–water partition coefficient (Wildman–Crippen LogP) is 3.78. The molecule has 8 nitrogen and oxygen atoms in total. The molecule has 5 rings (SSSR count). The number of hydrogen-bond acceptors (Lipinski definition) is 7. The molecule has 2 aromatic heterocycles. The Morgan fingerprint density at radius 3 is 2.47 bits per heavy atom. The average molecular weight is 405 g/mol. The summed E-state index contributed by atoms with van der Waals surface area (Å²) < 4.78 is 22.2. The van der Waals surface area contributed by atoms with Gasteiger partial charge in [0.25, 0.3) is 0 Å². The van der Waals surface area contributed by atoms with Crippen LogP contribution in [0.3, 0.4) is 0 Å². The molecule has 0 bridgehead atoms. The van der Waals surface area contributed by atoms with Gasteiger partial charge in [-0.2, -0.15) is 5.10 Å². The summed E-state index contributed by atoms with van der Waals surface area (Å²) in [4.78, 5) is 13.1. The van der Waals surface area contributed by atoms with Crippen molar-refractivity contribution in [3.63, 3.8) is 0 Å². The molecule has 3 heterocycles. The molecule has 1 atom stereocenters. The van der Waals surface area contributed by atoms with Gasteiger partial charge in [0.15, 0.2) is 11.5 Å². The van der Waals surface area contributed by atoms with Crippen LogP contribution in [0, 0.1) is 0 Å². The van der Waals surface area contributed by atoms with Gasteiger partial charge in [0.05, 0.1) is 44.7 Å². The predicted molar refractivity (Wildman–Crippen MR) is 111 cm³/mol. The monoisotopic (exact) mass is 405 g/mol. The van der Waals surface area contributed by atoms with Gasteiger partial charge < -0.3 is 23.9 Å². The van der Waals surface area contributed by atoms with E-state index in [0.717, 1.165) is 16.5 Å². The molecular weight excluding hydrogens is 386 g/mol. The number of anilines is 2. The largest absolute Gasteiger partial charge is 0.496 e. The Kier molecular flexibility index (Phi) is 4.13. The molecule has 152 valence electrons. The van der Waals surface area contributed by atoms with Crippen LogP contribution in [0.4, 0.5) is 11.5 Å². The zero-order valence-electron chi connectivity index (χ0n) is 16.6. The number of nitrogens with zero attached hydrogens (tertiary/aromatic N) is 1. The number of ether oxygens (including phenoxy) is 3. The third kappa shape index (κ3) is 2.53. The maximum Gasteiger partial charge on any atom is 0.342 e. The highest BCUT2D eigenvalue weighted by molar-refractivity contribution is 5.95. The number of para-hydroxylation sites is 1. The van der Waals surface area contributed by atoms with Crippen molar-refractivity contribution < 1.29 is 18.6 Å². The highest BCUT2D eigenvalue weighted by Gasteiger charge is 2.35. The first-order chi connectivity index (χ1) is 14.7. The lowest BCUT2D eigenvalue weighted by Gasteiger charge is -2.28. The number of nitrogens with one attached hydrogen (secondary N) is 2. The fraction of sp³-hybridized carbons (Fsp3) is 0.182. The fourth-order valence-corrected chi connectivity index (χ4v) is 4.06. The summed E-state index contributed by atoms with van der Waals surface area (Å²) in [7, 11) is 4.70. The van der Waals surface area contributed by atoms with Crippen molar-refractivity contribution in [3.8, 4) is 17.2 Å². The van der Waals surface area contributed by atoms with E-state index in [9.17, 15) is 4.79 Å². The van der Waals surface area contributed by atoms with E-state index in [4.69, 9.17) is 18.6 Å². The maximum absolute atomic E-state index is 13.1. The molecule has 0 spiro atoms. The van der Waals surface area contributed by atoms with Crippen LogP contribution in [0.1, 0.15) is 22.6 Å². The lowest BCUT2D eigenvalue weighted by atomic mass is 9.82. The van der Waals surface area contributed by atoms with Gasteiger partial charge in [-0.1, -0.05) is 12.1 Å². The summed E-state index contributed by atoms with van der Waals surface area (Å²) in [5.41, 5.74) is 2.78. The van der Waals surface area contributed by atoms with Gasteiger partial charge in [0.1, 0.15) is 17.2 Å². The zero-order chi connectivity index (χ0) is 20.8. The lowest BCUT2D eigenvalue weighted by molar-refractivity contribution is 0.347. The van der Waals surface area contributed by atoms with E-state index in [0.29, 0.717) is 39.9 Å². The van der Waals surface area contributed by atoms with Crippen LogP contribution in [-0.4, -0.2) is 31.5 Å². The van der Waals surface area contributed by atoms with E-state index in [1.807, 2.05) is 24.3 Å². The quantitative estimate of drug-likeness (QED) is 0.439. The first-order valence-corrected chi connectivity index (χ1v) is 9.32. The third-order valence-electron chi connectivity index (χ3n) is 5.41. The summed E-state index contributed by atoms with van der Waals surface area (Å²) in [6.07, 6.45) is 1.70. The smallest absolute Gasteiger partial charge is 0.342 e. The lowest BCUT2D eigenvalue weighted by Crippen LogP contribution is -2.22. The van der Waals surface area contributed by atoms with Crippen LogP contribution in [0.25, 0.3) is 11.0 Å². The Hall–Kier alpha value is -3.94. The van der Waals surface area contributed by atoms with Crippen LogP contribution in [-0.2, 0) is 0 Å². The van der Waals surface area contributed by atoms with Gasteiger partial charge >= 0.3 is 5.63 Å². The molecule has 1 aliphatic heterocycles. The summed E-state index contributed by atoms with van der Waals surface area (Å²) in [5.74, 6) is 1.85. The summed E-state index contributed by atoms with van der Waals surface area (Å²) in [6.45, 7) is 0. The Balaban J connectivity index is 1.86. The first-order valence-electron chi connectivity index (χ1n) is 9.32. The van der Waals surface area contributed by atoms with Gasteiger partial charge in [0, 0.05) is 22.6 Å². The number of methoxy groups -OCH3 is 3. The van der Waals surface area contributed by atoms with Gasteiger partial charge in [-0.25, -0.2) is 4.79 Å². The Morgan fingerprint density at radius 1 is 0.967 bits per heavy atom. The van der Waals surface area contributed by atoms with E-state index in [-0.39, 0.29) is 0 Å². The summed E-state index contributed by atoms with van der Waals surface area (Å²) in [6, 6.07) is 11.0. The molecule has 0 amide bonds. The molecule has 30 heavy (non-hydrogen) atoms. The van der Waals surface area contributed by atoms with Gasteiger partial charge in [0.2, 0.25) is 0 Å². The molecule has 0 unspecified atom stereocenters. The van der Waals surface area contributed by atoms with Crippen molar-refractivity contribution in [2.75, 3.05) is 26.6 Å². The van der Waals surface area contributed by atoms with E-state index in [1.54, 1.807) is 39.7 Å². The number of fused-ring (bicyclic) bond motifs is 4. The van der Waals surface area contributed by atoms with Crippen molar-refractivity contribution in [2.45, 2.75) is 5.92 Å². The number of hydrogen-bond donors (Lipinski definition) is 2. The number of benzene rings is 2. The standard InChI is InChI=1S/C22H19N3O5/c1-27-15-9-17(29-3)16(28-2)8-12(15)18-13-10-23-25-21(13)24-20-11-6-4-5-7-14(11)30-22(26)19(18)20/h4-10,18H,1-3H3,(H2,23,24,25)/t18-/m0/s1. The Labute approximate surface area is 171 Å². The number of aromatic amines is 1. The Bertz CT molecular complexity index is 1320. The van der Waals surface area contributed by atoms with Crippen molar-refractivity contribution in [1.29, 1.82) is 0 Å².